The number of hydrogen-bond donors (Lipinski definition) is 0. The zero-order valence-electron chi connectivity index (χ0n) is 14.4. The molecule has 0 atom stereocenters. The second-order valence-electron chi connectivity index (χ2n) is 5.57. The lowest BCUT2D eigenvalue weighted by molar-refractivity contribution is 0.104. The number of para-hydroxylation sites is 1. The van der Waals surface area contributed by atoms with Crippen molar-refractivity contribution in [2.75, 3.05) is 7.11 Å². The van der Waals surface area contributed by atoms with E-state index in [4.69, 9.17) is 25.5 Å². The lowest BCUT2D eigenvalue weighted by Crippen LogP contribution is -1.98. The molecule has 3 aromatic rings. The number of methoxy groups -OCH3 is 1. The summed E-state index contributed by atoms with van der Waals surface area (Å²) < 4.78 is 29.3. The summed E-state index contributed by atoms with van der Waals surface area (Å²) >= 11 is 5.91. The zero-order valence-corrected chi connectivity index (χ0v) is 15.2. The molecule has 0 bridgehead atoms. The maximum atomic E-state index is 13.0. The van der Waals surface area contributed by atoms with Gasteiger partial charge in [0.2, 0.25) is 0 Å². The molecule has 1 aromatic heterocycles. The normalized spacial score (nSPS) is 10.9. The van der Waals surface area contributed by atoms with Crippen LogP contribution in [-0.4, -0.2) is 12.9 Å². The van der Waals surface area contributed by atoms with Crippen LogP contribution in [0.25, 0.3) is 6.08 Å². The molecule has 0 N–H and O–H groups in total. The van der Waals surface area contributed by atoms with E-state index in [2.05, 4.69) is 0 Å². The number of rotatable bonds is 7. The first-order valence-electron chi connectivity index (χ1n) is 8.09. The molecule has 0 saturated heterocycles. The minimum absolute atomic E-state index is 0.125. The van der Waals surface area contributed by atoms with Crippen LogP contribution in [0.3, 0.4) is 0 Å². The molecule has 6 heteroatoms. The van der Waals surface area contributed by atoms with Crippen LogP contribution >= 0.6 is 11.6 Å². The third kappa shape index (κ3) is 4.77. The number of halogens is 2. The first kappa shape index (κ1) is 18.7. The van der Waals surface area contributed by atoms with Crippen molar-refractivity contribution in [3.63, 3.8) is 0 Å². The van der Waals surface area contributed by atoms with Gasteiger partial charge in [-0.1, -0.05) is 23.7 Å². The number of ketones is 1. The van der Waals surface area contributed by atoms with Crippen LogP contribution < -0.4 is 9.47 Å². The second-order valence-corrected chi connectivity index (χ2v) is 5.97. The summed E-state index contributed by atoms with van der Waals surface area (Å²) in [5.41, 5.74) is 0.470. The molecule has 2 aromatic carbocycles. The zero-order chi connectivity index (χ0) is 19.2. The Morgan fingerprint density at radius 3 is 2.74 bits per heavy atom. The molecule has 0 fully saturated rings. The Bertz CT molecular complexity index is 978. The van der Waals surface area contributed by atoms with E-state index < -0.39 is 5.82 Å². The molecule has 0 amide bonds. The quantitative estimate of drug-likeness (QED) is 0.394. The third-order valence-electron chi connectivity index (χ3n) is 3.72. The van der Waals surface area contributed by atoms with Gasteiger partial charge < -0.3 is 13.9 Å². The van der Waals surface area contributed by atoms with E-state index in [1.165, 1.54) is 31.4 Å². The summed E-state index contributed by atoms with van der Waals surface area (Å²) in [6, 6.07) is 14.3. The van der Waals surface area contributed by atoms with Gasteiger partial charge in [0.15, 0.2) is 5.78 Å². The number of carbonyl (C=O) groups is 1. The van der Waals surface area contributed by atoms with Gasteiger partial charge in [0, 0.05) is 0 Å². The number of furan rings is 1. The predicted octanol–water partition coefficient (Wildman–Crippen LogP) is 5.56. The molecule has 0 unspecified atom stereocenters. The smallest absolute Gasteiger partial charge is 0.189 e. The summed E-state index contributed by atoms with van der Waals surface area (Å²) in [7, 11) is 1.52. The minimum Gasteiger partial charge on any atom is -0.496 e. The van der Waals surface area contributed by atoms with Gasteiger partial charge >= 0.3 is 0 Å². The molecule has 0 aliphatic heterocycles. The molecule has 0 aliphatic rings. The summed E-state index contributed by atoms with van der Waals surface area (Å²) in [4.78, 5) is 12.3. The molecule has 0 radical (unpaired) electrons. The summed E-state index contributed by atoms with van der Waals surface area (Å²) in [5.74, 6) is 1.29. The van der Waals surface area contributed by atoms with Crippen LogP contribution in [0, 0.1) is 5.82 Å². The molecule has 138 valence electrons. The summed E-state index contributed by atoms with van der Waals surface area (Å²) in [6.45, 7) is 0.125. The molecule has 27 heavy (non-hydrogen) atoms. The fourth-order valence-corrected chi connectivity index (χ4v) is 2.62. The van der Waals surface area contributed by atoms with Crippen molar-refractivity contribution in [1.82, 2.24) is 0 Å². The monoisotopic (exact) mass is 386 g/mol. The largest absolute Gasteiger partial charge is 0.496 e. The van der Waals surface area contributed by atoms with Crippen LogP contribution in [0.5, 0.6) is 11.5 Å². The average Bonchev–Trinajstić information content (AvgIpc) is 3.13. The molecule has 4 nitrogen and oxygen atoms in total. The highest BCUT2D eigenvalue weighted by molar-refractivity contribution is 6.32. The highest BCUT2D eigenvalue weighted by Gasteiger charge is 2.09. The number of allylic oxidation sites excluding steroid dienone is 1. The van der Waals surface area contributed by atoms with E-state index in [0.29, 0.717) is 28.6 Å². The Kier molecular flexibility index (Phi) is 5.94. The first-order chi connectivity index (χ1) is 13.1. The van der Waals surface area contributed by atoms with E-state index in [0.717, 1.165) is 0 Å². The van der Waals surface area contributed by atoms with E-state index in [1.54, 1.807) is 42.5 Å². The SMILES string of the molecule is COc1ccccc1C(=O)/C=C/c1ccc(COc2ccc(F)cc2Cl)o1. The van der Waals surface area contributed by atoms with E-state index in [1.807, 2.05) is 0 Å². The Hall–Kier alpha value is -3.05. The molecular formula is C21H16ClFO4. The molecule has 3 rings (SSSR count). The van der Waals surface area contributed by atoms with Gasteiger partial charge in [-0.25, -0.2) is 4.39 Å². The number of ether oxygens (including phenoxy) is 2. The van der Waals surface area contributed by atoms with Crippen LogP contribution in [0.1, 0.15) is 21.9 Å². The van der Waals surface area contributed by atoms with Gasteiger partial charge in [0.25, 0.3) is 0 Å². The van der Waals surface area contributed by atoms with Gasteiger partial charge in [-0.05, 0) is 54.6 Å². The van der Waals surface area contributed by atoms with Gasteiger partial charge in [-0.2, -0.15) is 0 Å². The standard InChI is InChI=1S/C21H16ClFO4/c1-25-20-5-3-2-4-17(20)19(24)10-9-15-7-8-16(27-15)13-26-21-11-6-14(23)12-18(21)22/h2-12H,13H2,1H3/b10-9+. The highest BCUT2D eigenvalue weighted by atomic mass is 35.5. The van der Waals surface area contributed by atoms with Crippen molar-refractivity contribution in [3.8, 4) is 11.5 Å². The lowest BCUT2D eigenvalue weighted by Gasteiger charge is -2.06. The molecule has 0 aliphatic carbocycles. The molecular weight excluding hydrogens is 371 g/mol. The maximum Gasteiger partial charge on any atom is 0.189 e. The number of carbonyl (C=O) groups excluding carboxylic acids is 1. The number of benzene rings is 2. The maximum absolute atomic E-state index is 13.0. The van der Waals surface area contributed by atoms with Crippen LogP contribution in [-0.2, 0) is 6.61 Å². The van der Waals surface area contributed by atoms with E-state index in [-0.39, 0.29) is 17.4 Å². The topological polar surface area (TPSA) is 48.7 Å². The first-order valence-corrected chi connectivity index (χ1v) is 8.46. The van der Waals surface area contributed by atoms with Gasteiger partial charge in [0.05, 0.1) is 17.7 Å². The fraction of sp³-hybridized carbons (Fsp3) is 0.0952. The van der Waals surface area contributed by atoms with Gasteiger partial charge in [-0.3, -0.25) is 4.79 Å². The predicted molar refractivity (Wildman–Crippen MR) is 101 cm³/mol. The minimum atomic E-state index is -0.433. The van der Waals surface area contributed by atoms with Crippen molar-refractivity contribution in [3.05, 3.63) is 88.6 Å². The lowest BCUT2D eigenvalue weighted by atomic mass is 10.1. The Morgan fingerprint density at radius 2 is 1.96 bits per heavy atom. The third-order valence-corrected chi connectivity index (χ3v) is 4.01. The van der Waals surface area contributed by atoms with E-state index in [9.17, 15) is 9.18 Å². The Balaban J connectivity index is 1.63. The molecule has 0 saturated carbocycles. The average molecular weight is 387 g/mol. The Labute approximate surface area is 160 Å². The van der Waals surface area contributed by atoms with Crippen LogP contribution in [0.4, 0.5) is 4.39 Å². The van der Waals surface area contributed by atoms with Gasteiger partial charge in [0.1, 0.15) is 35.4 Å². The van der Waals surface area contributed by atoms with Crippen molar-refractivity contribution in [1.29, 1.82) is 0 Å². The molecule has 1 heterocycles. The second kappa shape index (κ2) is 8.56. The van der Waals surface area contributed by atoms with Crippen molar-refractivity contribution >= 4 is 23.5 Å². The summed E-state index contributed by atoms with van der Waals surface area (Å²) in [6.07, 6.45) is 2.99. The summed E-state index contributed by atoms with van der Waals surface area (Å²) in [5, 5.41) is 0.184. The van der Waals surface area contributed by atoms with E-state index >= 15 is 0 Å². The van der Waals surface area contributed by atoms with Crippen LogP contribution in [0.15, 0.2) is 65.1 Å². The molecule has 0 spiro atoms. The van der Waals surface area contributed by atoms with Crippen molar-refractivity contribution < 1.29 is 23.1 Å². The number of hydrogen-bond acceptors (Lipinski definition) is 4. The van der Waals surface area contributed by atoms with Crippen LogP contribution in [0.2, 0.25) is 5.02 Å². The highest BCUT2D eigenvalue weighted by Crippen LogP contribution is 2.26. The fourth-order valence-electron chi connectivity index (χ4n) is 2.40. The van der Waals surface area contributed by atoms with Crippen molar-refractivity contribution in [2.24, 2.45) is 0 Å². The Morgan fingerprint density at radius 1 is 1.15 bits per heavy atom. The van der Waals surface area contributed by atoms with Crippen molar-refractivity contribution in [2.45, 2.75) is 6.61 Å². The van der Waals surface area contributed by atoms with Gasteiger partial charge in [-0.15, -0.1) is 0 Å².